The van der Waals surface area contributed by atoms with E-state index in [1.807, 2.05) is 44.2 Å². The van der Waals surface area contributed by atoms with Crippen LogP contribution in [-0.4, -0.2) is 28.8 Å². The first-order chi connectivity index (χ1) is 17.2. The normalized spacial score (nSPS) is 12.6. The minimum atomic E-state index is -0.761. The first-order valence-corrected chi connectivity index (χ1v) is 13.2. The lowest BCUT2D eigenvalue weighted by Gasteiger charge is -2.32. The Morgan fingerprint density at radius 2 is 1.58 bits per heavy atom. The second kappa shape index (κ2) is 13.3. The van der Waals surface area contributed by atoms with Crippen LogP contribution in [0.25, 0.3) is 0 Å². The molecule has 0 aromatic heterocycles. The van der Waals surface area contributed by atoms with Crippen molar-refractivity contribution < 1.29 is 9.59 Å². The van der Waals surface area contributed by atoms with Gasteiger partial charge in [-0.2, -0.15) is 0 Å². The minimum Gasteiger partial charge on any atom is -0.352 e. The molecule has 3 aromatic rings. The molecule has 3 aromatic carbocycles. The molecule has 0 heterocycles. The molecule has 2 amide bonds. The highest BCUT2D eigenvalue weighted by atomic mass is 35.5. The molecular formula is C28H28Cl4N2O2. The Kier molecular flexibility index (Phi) is 10.5. The molecule has 0 saturated heterocycles. The molecule has 2 atom stereocenters. The van der Waals surface area contributed by atoms with Gasteiger partial charge in [0.25, 0.3) is 0 Å². The van der Waals surface area contributed by atoms with E-state index in [9.17, 15) is 9.59 Å². The zero-order valence-electron chi connectivity index (χ0n) is 20.1. The predicted molar refractivity (Wildman–Crippen MR) is 149 cm³/mol. The van der Waals surface area contributed by atoms with Gasteiger partial charge in [0.05, 0.1) is 16.5 Å². The summed E-state index contributed by atoms with van der Waals surface area (Å²) in [5.74, 6) is -0.458. The van der Waals surface area contributed by atoms with Crippen molar-refractivity contribution in [2.75, 3.05) is 0 Å². The zero-order chi connectivity index (χ0) is 26.2. The van der Waals surface area contributed by atoms with Gasteiger partial charge in [-0.3, -0.25) is 9.59 Å². The van der Waals surface area contributed by atoms with Crippen LogP contribution >= 0.6 is 46.4 Å². The highest BCUT2D eigenvalue weighted by Gasteiger charge is 2.31. The number of nitrogens with zero attached hydrogens (tertiary/aromatic N) is 1. The molecule has 0 spiro atoms. The second-order valence-electron chi connectivity index (χ2n) is 8.71. The Labute approximate surface area is 232 Å². The van der Waals surface area contributed by atoms with E-state index in [4.69, 9.17) is 46.4 Å². The van der Waals surface area contributed by atoms with Crippen molar-refractivity contribution in [3.63, 3.8) is 0 Å². The largest absolute Gasteiger partial charge is 0.352 e. The van der Waals surface area contributed by atoms with Gasteiger partial charge in [0.15, 0.2) is 0 Å². The smallest absolute Gasteiger partial charge is 0.243 e. The van der Waals surface area contributed by atoms with Gasteiger partial charge < -0.3 is 10.2 Å². The van der Waals surface area contributed by atoms with Crippen molar-refractivity contribution in [1.82, 2.24) is 10.2 Å². The molecule has 190 valence electrons. The average Bonchev–Trinajstić information content (AvgIpc) is 2.85. The highest BCUT2D eigenvalue weighted by Crippen LogP contribution is 2.26. The first-order valence-electron chi connectivity index (χ1n) is 11.7. The number of carbonyl (C=O) groups is 2. The summed E-state index contributed by atoms with van der Waals surface area (Å²) < 4.78 is 0. The summed E-state index contributed by atoms with van der Waals surface area (Å²) in [5.41, 5.74) is 2.33. The van der Waals surface area contributed by atoms with E-state index in [2.05, 4.69) is 5.32 Å². The van der Waals surface area contributed by atoms with Crippen LogP contribution in [0.3, 0.4) is 0 Å². The van der Waals surface area contributed by atoms with Gasteiger partial charge in [-0.05, 0) is 54.3 Å². The average molecular weight is 566 g/mol. The lowest BCUT2D eigenvalue weighted by atomic mass is 10.0. The van der Waals surface area contributed by atoms with Crippen LogP contribution in [0, 0.1) is 0 Å². The maximum Gasteiger partial charge on any atom is 0.243 e. The standard InChI is InChI=1S/C28H28Cl4N2O2/c1-3-18(2)33-28(36)26(14-19-7-5-4-6-8-19)34(17-21-10-11-22(29)16-24(21)31)27(35)15-20-9-12-23(30)25(32)13-20/h4-13,16,18,26H,3,14-15,17H2,1-2H3,(H,33,36). The maximum absolute atomic E-state index is 13.8. The third-order valence-corrected chi connectivity index (χ3v) is 7.29. The summed E-state index contributed by atoms with van der Waals surface area (Å²) in [4.78, 5) is 28.9. The fourth-order valence-electron chi connectivity index (χ4n) is 3.75. The maximum atomic E-state index is 13.8. The molecule has 8 heteroatoms. The van der Waals surface area contributed by atoms with Gasteiger partial charge >= 0.3 is 0 Å². The summed E-state index contributed by atoms with van der Waals surface area (Å²) in [6.45, 7) is 4.08. The fourth-order valence-corrected chi connectivity index (χ4v) is 4.54. The van der Waals surface area contributed by atoms with Crippen molar-refractivity contribution in [2.24, 2.45) is 0 Å². The number of hydrogen-bond acceptors (Lipinski definition) is 2. The van der Waals surface area contributed by atoms with Crippen LogP contribution < -0.4 is 5.32 Å². The van der Waals surface area contributed by atoms with Gasteiger partial charge in [-0.15, -0.1) is 0 Å². The van der Waals surface area contributed by atoms with Crippen molar-refractivity contribution in [3.8, 4) is 0 Å². The van der Waals surface area contributed by atoms with Crippen LogP contribution in [0.15, 0.2) is 66.7 Å². The minimum absolute atomic E-state index is 0.0399. The molecule has 0 fully saturated rings. The number of carbonyl (C=O) groups excluding carboxylic acids is 2. The lowest BCUT2D eigenvalue weighted by Crippen LogP contribution is -2.52. The van der Waals surface area contributed by atoms with Gasteiger partial charge in [0.1, 0.15) is 6.04 Å². The molecule has 0 bridgehead atoms. The van der Waals surface area contributed by atoms with Crippen LogP contribution in [0.4, 0.5) is 0 Å². The molecule has 0 radical (unpaired) electrons. The summed E-state index contributed by atoms with van der Waals surface area (Å²) >= 11 is 24.8. The number of nitrogens with one attached hydrogen (secondary N) is 1. The first kappa shape index (κ1) is 28.3. The van der Waals surface area contributed by atoms with E-state index in [0.717, 1.165) is 12.0 Å². The molecule has 36 heavy (non-hydrogen) atoms. The molecule has 2 unspecified atom stereocenters. The van der Waals surface area contributed by atoms with Crippen molar-refractivity contribution in [2.45, 2.75) is 51.7 Å². The molecule has 0 aliphatic rings. The number of rotatable bonds is 10. The molecule has 4 nitrogen and oxygen atoms in total. The molecule has 0 aliphatic carbocycles. The number of hydrogen-bond donors (Lipinski definition) is 1. The van der Waals surface area contributed by atoms with E-state index in [1.54, 1.807) is 41.3 Å². The highest BCUT2D eigenvalue weighted by molar-refractivity contribution is 6.42. The molecule has 0 saturated carbocycles. The van der Waals surface area contributed by atoms with Crippen LogP contribution in [0.2, 0.25) is 20.1 Å². The fraction of sp³-hybridized carbons (Fsp3) is 0.286. The van der Waals surface area contributed by atoms with Gasteiger partial charge in [0.2, 0.25) is 11.8 Å². The Bertz CT molecular complexity index is 1200. The van der Waals surface area contributed by atoms with Crippen LogP contribution in [0.1, 0.15) is 37.0 Å². The van der Waals surface area contributed by atoms with Crippen molar-refractivity contribution in [3.05, 3.63) is 104 Å². The van der Waals surface area contributed by atoms with E-state index >= 15 is 0 Å². The van der Waals surface area contributed by atoms with Gasteiger partial charge in [0, 0.05) is 29.1 Å². The van der Waals surface area contributed by atoms with E-state index in [0.29, 0.717) is 37.6 Å². The van der Waals surface area contributed by atoms with E-state index in [-0.39, 0.29) is 30.8 Å². The van der Waals surface area contributed by atoms with E-state index < -0.39 is 6.04 Å². The predicted octanol–water partition coefficient (Wildman–Crippen LogP) is 7.40. The third-order valence-electron chi connectivity index (χ3n) is 5.97. The number of halogens is 4. The molecule has 3 rings (SSSR count). The lowest BCUT2D eigenvalue weighted by molar-refractivity contribution is -0.141. The SMILES string of the molecule is CCC(C)NC(=O)C(Cc1ccccc1)N(Cc1ccc(Cl)cc1Cl)C(=O)Cc1ccc(Cl)c(Cl)c1. The second-order valence-corrected chi connectivity index (χ2v) is 10.4. The third kappa shape index (κ3) is 7.88. The zero-order valence-corrected chi connectivity index (χ0v) is 23.1. The number of amides is 2. The van der Waals surface area contributed by atoms with Crippen molar-refractivity contribution >= 4 is 58.2 Å². The van der Waals surface area contributed by atoms with Crippen molar-refractivity contribution in [1.29, 1.82) is 0 Å². The Morgan fingerprint density at radius 3 is 2.22 bits per heavy atom. The quantitative estimate of drug-likeness (QED) is 0.278. The topological polar surface area (TPSA) is 49.4 Å². The molecule has 1 N–H and O–H groups in total. The summed E-state index contributed by atoms with van der Waals surface area (Å²) in [5, 5.41) is 4.74. The summed E-state index contributed by atoms with van der Waals surface area (Å²) in [7, 11) is 0. The molecule has 0 aliphatic heterocycles. The monoisotopic (exact) mass is 564 g/mol. The summed E-state index contributed by atoms with van der Waals surface area (Å²) in [6, 6.07) is 19.0. The van der Waals surface area contributed by atoms with Gasteiger partial charge in [-0.1, -0.05) is 95.8 Å². The molecular weight excluding hydrogens is 538 g/mol. The Morgan fingerprint density at radius 1 is 0.861 bits per heavy atom. The van der Waals surface area contributed by atoms with Crippen LogP contribution in [0.5, 0.6) is 0 Å². The Balaban J connectivity index is 2.01. The van der Waals surface area contributed by atoms with Gasteiger partial charge in [-0.25, -0.2) is 0 Å². The Hall–Kier alpha value is -2.24. The van der Waals surface area contributed by atoms with E-state index in [1.165, 1.54) is 0 Å². The summed E-state index contributed by atoms with van der Waals surface area (Å²) in [6.07, 6.45) is 1.16. The number of benzene rings is 3. The van der Waals surface area contributed by atoms with Crippen LogP contribution in [-0.2, 0) is 29.0 Å².